The summed E-state index contributed by atoms with van der Waals surface area (Å²) in [7, 11) is 0. The van der Waals surface area contributed by atoms with Crippen LogP contribution in [-0.2, 0) is 28.5 Å². The van der Waals surface area contributed by atoms with Crippen LogP contribution in [0.5, 0.6) is 0 Å². The van der Waals surface area contributed by atoms with Crippen molar-refractivity contribution < 1.29 is 48.0 Å². The normalized spacial score (nSPS) is 22.6. The number of carboxylic acids is 1. The lowest BCUT2D eigenvalue weighted by Crippen LogP contribution is -2.50. The summed E-state index contributed by atoms with van der Waals surface area (Å²) in [6.45, 7) is 2.89. The van der Waals surface area contributed by atoms with Crippen LogP contribution in [0.25, 0.3) is 0 Å². The van der Waals surface area contributed by atoms with Gasteiger partial charge in [-0.2, -0.15) is 5.10 Å². The maximum atomic E-state index is 13.8. The Morgan fingerprint density at radius 2 is 1.29 bits per heavy atom. The molecule has 13 nitrogen and oxygen atoms in total. The predicted molar refractivity (Wildman–Crippen MR) is 173 cm³/mol. The van der Waals surface area contributed by atoms with Crippen LogP contribution >= 0.6 is 11.8 Å². The van der Waals surface area contributed by atoms with E-state index in [2.05, 4.69) is 10.2 Å². The maximum absolute atomic E-state index is 13.8. The molecule has 2 aliphatic heterocycles. The third-order valence-electron chi connectivity index (χ3n) is 7.10. The number of carbonyl (C=O) groups excluding carboxylic acids is 4. The van der Waals surface area contributed by atoms with Gasteiger partial charge in [0.1, 0.15) is 18.0 Å². The number of hydrogen-bond acceptors (Lipinski definition) is 12. The van der Waals surface area contributed by atoms with E-state index >= 15 is 0 Å². The van der Waals surface area contributed by atoms with Crippen LogP contribution in [0.4, 0.5) is 0 Å². The van der Waals surface area contributed by atoms with Crippen molar-refractivity contribution in [2.45, 2.75) is 50.1 Å². The number of carbonyl (C=O) groups is 5. The first kappa shape index (κ1) is 34.0. The topological polar surface area (TPSA) is 170 Å². The van der Waals surface area contributed by atoms with Gasteiger partial charge in [-0.3, -0.25) is 14.5 Å². The van der Waals surface area contributed by atoms with E-state index < -0.39 is 72.6 Å². The van der Waals surface area contributed by atoms with Gasteiger partial charge in [0.25, 0.3) is 0 Å². The van der Waals surface area contributed by atoms with Crippen molar-refractivity contribution in [1.29, 1.82) is 0 Å². The van der Waals surface area contributed by atoms with E-state index in [1.807, 2.05) is 0 Å². The number of rotatable bonds is 11. The first-order chi connectivity index (χ1) is 23.1. The van der Waals surface area contributed by atoms with Crippen molar-refractivity contribution in [3.63, 3.8) is 0 Å². The SMILES string of the molecule is CC(C)=N/N=C1/SC(CC(=O)O)C(=O)N1[C@@H]1O[C@H](COC(=O)c2ccccc2)[C@@H](OC(=O)c2ccccc2)[C@H]1OC(=O)c1ccccc1. The Labute approximate surface area is 279 Å². The summed E-state index contributed by atoms with van der Waals surface area (Å²) in [6.07, 6.45) is -6.18. The predicted octanol–water partition coefficient (Wildman–Crippen LogP) is 4.19. The number of nitrogens with zero attached hydrogens (tertiary/aromatic N) is 3. The average molecular weight is 674 g/mol. The van der Waals surface area contributed by atoms with Crippen LogP contribution in [0.1, 0.15) is 51.3 Å². The summed E-state index contributed by atoms with van der Waals surface area (Å²) < 4.78 is 23.7. The molecule has 14 heteroatoms. The van der Waals surface area contributed by atoms with Gasteiger partial charge < -0.3 is 24.1 Å². The molecular weight excluding hydrogens is 642 g/mol. The summed E-state index contributed by atoms with van der Waals surface area (Å²) in [5.41, 5.74) is 1.13. The van der Waals surface area contributed by atoms with Crippen LogP contribution in [-0.4, -0.2) is 87.1 Å². The molecule has 2 saturated heterocycles. The molecule has 1 N–H and O–H groups in total. The Morgan fingerprint density at radius 3 is 1.79 bits per heavy atom. The van der Waals surface area contributed by atoms with Gasteiger partial charge in [-0.1, -0.05) is 66.4 Å². The zero-order valence-corrected chi connectivity index (χ0v) is 26.6. The molecule has 1 unspecified atom stereocenters. The van der Waals surface area contributed by atoms with Crippen molar-refractivity contribution in [3.8, 4) is 0 Å². The van der Waals surface area contributed by atoms with Gasteiger partial charge in [0.2, 0.25) is 5.91 Å². The third kappa shape index (κ3) is 8.14. The standard InChI is InChI=1S/C34H31N3O10S/c1-20(2)35-36-34-37(29(40)25(48-34)18-26(38)39)30-28(47-33(43)23-16-10-5-11-17-23)27(46-32(42)22-14-8-4-9-15-22)24(45-30)19-44-31(41)21-12-6-3-7-13-21/h3-17,24-25,27-28,30H,18-19H2,1-2H3,(H,38,39)/b36-34+/t24-,25?,27-,28-,30-/m1/s1. The number of carboxylic acid groups (broad SMARTS) is 1. The fourth-order valence-electron chi connectivity index (χ4n) is 4.89. The van der Waals surface area contributed by atoms with Crippen molar-refractivity contribution in [1.82, 2.24) is 4.90 Å². The maximum Gasteiger partial charge on any atom is 0.338 e. The average Bonchev–Trinajstić information content (AvgIpc) is 3.57. The van der Waals surface area contributed by atoms with Crippen molar-refractivity contribution in [2.75, 3.05) is 6.61 Å². The van der Waals surface area contributed by atoms with E-state index in [0.717, 1.165) is 16.7 Å². The van der Waals surface area contributed by atoms with Crippen molar-refractivity contribution in [2.24, 2.45) is 10.2 Å². The zero-order chi connectivity index (χ0) is 34.2. The van der Waals surface area contributed by atoms with Crippen molar-refractivity contribution >= 4 is 52.4 Å². The Morgan fingerprint density at radius 1 is 0.792 bits per heavy atom. The molecular formula is C34H31N3O10S. The van der Waals surface area contributed by atoms with Gasteiger partial charge in [0.15, 0.2) is 23.6 Å². The molecule has 5 atom stereocenters. The Balaban J connectivity index is 1.55. The molecule has 0 aromatic heterocycles. The quantitative estimate of drug-likeness (QED) is 0.134. The number of ether oxygens (including phenoxy) is 4. The monoisotopic (exact) mass is 673 g/mol. The molecule has 3 aromatic carbocycles. The van der Waals surface area contributed by atoms with Crippen LogP contribution in [0.2, 0.25) is 0 Å². The third-order valence-corrected chi connectivity index (χ3v) is 8.24. The molecule has 0 bridgehead atoms. The largest absolute Gasteiger partial charge is 0.481 e. The van der Waals surface area contributed by atoms with Gasteiger partial charge in [0, 0.05) is 5.71 Å². The molecule has 0 spiro atoms. The summed E-state index contributed by atoms with van der Waals surface area (Å²) in [4.78, 5) is 66.2. The second-order valence-electron chi connectivity index (χ2n) is 10.8. The first-order valence-corrected chi connectivity index (χ1v) is 15.7. The van der Waals surface area contributed by atoms with E-state index in [9.17, 15) is 29.1 Å². The van der Waals surface area contributed by atoms with Gasteiger partial charge in [0.05, 0.1) is 23.1 Å². The molecule has 48 heavy (non-hydrogen) atoms. The van der Waals surface area contributed by atoms with Crippen LogP contribution in [0, 0.1) is 0 Å². The van der Waals surface area contributed by atoms with Gasteiger partial charge in [-0.05, 0) is 50.2 Å². The van der Waals surface area contributed by atoms with Crippen LogP contribution < -0.4 is 0 Å². The molecule has 1 amide bonds. The molecule has 2 aliphatic rings. The highest BCUT2D eigenvalue weighted by Gasteiger charge is 2.57. The number of amidine groups is 1. The highest BCUT2D eigenvalue weighted by Crippen LogP contribution is 2.38. The number of hydrogen-bond donors (Lipinski definition) is 1. The van der Waals surface area contributed by atoms with E-state index in [1.165, 1.54) is 24.3 Å². The number of thioether (sulfide) groups is 1. The number of amides is 1. The fraction of sp³-hybridized carbons (Fsp3) is 0.265. The van der Waals surface area contributed by atoms with Gasteiger partial charge in [-0.25, -0.2) is 14.4 Å². The molecule has 2 heterocycles. The van der Waals surface area contributed by atoms with E-state index in [-0.39, 0.29) is 21.9 Å². The molecule has 5 rings (SSSR count). The van der Waals surface area contributed by atoms with Gasteiger partial charge in [-0.15, -0.1) is 5.10 Å². The summed E-state index contributed by atoms with van der Waals surface area (Å²) >= 11 is 0.855. The molecule has 0 radical (unpaired) electrons. The molecule has 248 valence electrons. The minimum Gasteiger partial charge on any atom is -0.481 e. The van der Waals surface area contributed by atoms with E-state index in [1.54, 1.807) is 80.6 Å². The minimum atomic E-state index is -1.49. The lowest BCUT2D eigenvalue weighted by molar-refractivity contribution is -0.145. The number of benzene rings is 3. The second kappa shape index (κ2) is 15.5. The Kier molecular flexibility index (Phi) is 11.0. The molecule has 0 saturated carbocycles. The lowest BCUT2D eigenvalue weighted by atomic mass is 10.1. The van der Waals surface area contributed by atoms with Crippen LogP contribution in [0.3, 0.4) is 0 Å². The molecule has 0 aliphatic carbocycles. The first-order valence-electron chi connectivity index (χ1n) is 14.8. The molecule has 2 fully saturated rings. The number of esters is 3. The number of aliphatic carboxylic acids is 1. The Bertz CT molecular complexity index is 1710. The zero-order valence-electron chi connectivity index (χ0n) is 25.8. The van der Waals surface area contributed by atoms with E-state index in [0.29, 0.717) is 5.71 Å². The van der Waals surface area contributed by atoms with Crippen molar-refractivity contribution in [3.05, 3.63) is 108 Å². The second-order valence-corrected chi connectivity index (χ2v) is 12.0. The Hall–Kier alpha value is -5.34. The summed E-state index contributed by atoms with van der Waals surface area (Å²) in [6, 6.07) is 24.2. The van der Waals surface area contributed by atoms with Gasteiger partial charge >= 0.3 is 23.9 Å². The minimum absolute atomic E-state index is 0.0201. The highest BCUT2D eigenvalue weighted by atomic mass is 32.2. The fourth-order valence-corrected chi connectivity index (χ4v) is 5.98. The molecule has 3 aromatic rings. The van der Waals surface area contributed by atoms with E-state index in [4.69, 9.17) is 18.9 Å². The summed E-state index contributed by atoms with van der Waals surface area (Å²) in [5, 5.41) is 16.6. The highest BCUT2D eigenvalue weighted by molar-refractivity contribution is 8.15. The summed E-state index contributed by atoms with van der Waals surface area (Å²) in [5.74, 6) is -4.24. The van der Waals surface area contributed by atoms with Crippen LogP contribution in [0.15, 0.2) is 101 Å². The smallest absolute Gasteiger partial charge is 0.338 e. The lowest BCUT2D eigenvalue weighted by Gasteiger charge is -2.29.